The molecule has 0 saturated carbocycles. The molecule has 0 amide bonds. The van der Waals surface area contributed by atoms with Crippen molar-refractivity contribution in [1.82, 2.24) is 9.97 Å². The molecule has 324 valence electrons. The summed E-state index contributed by atoms with van der Waals surface area (Å²) in [6.07, 6.45) is -9.12. The summed E-state index contributed by atoms with van der Waals surface area (Å²) in [5, 5.41) is -0.772. The van der Waals surface area contributed by atoms with Crippen molar-refractivity contribution in [2.24, 2.45) is 0 Å². The Balaban J connectivity index is 0.000000533. The predicted octanol–water partition coefficient (Wildman–Crippen LogP) is 11.6. The molecule has 0 radical (unpaired) electrons. The van der Waals surface area contributed by atoms with Crippen molar-refractivity contribution in [1.29, 1.82) is 0 Å². The highest BCUT2D eigenvalue weighted by Crippen LogP contribution is 2.38. The lowest BCUT2D eigenvalue weighted by Crippen LogP contribution is -2.30. The molecule has 59 heavy (non-hydrogen) atoms. The average Bonchev–Trinajstić information content (AvgIpc) is 3.19. The minimum Gasteiger partial charge on any atom is -0.503 e. The molecule has 0 aliphatic rings. The Kier molecular flexibility index (Phi) is 23.2. The van der Waals surface area contributed by atoms with Gasteiger partial charge in [0.25, 0.3) is 0 Å². The molecule has 0 fully saturated rings. The van der Waals surface area contributed by atoms with Crippen molar-refractivity contribution in [2.75, 3.05) is 40.0 Å². The first kappa shape index (κ1) is 52.6. The number of aromatic nitrogens is 2. The Hall–Kier alpha value is -4.37. The van der Waals surface area contributed by atoms with Crippen LogP contribution in [-0.4, -0.2) is 68.2 Å². The van der Waals surface area contributed by atoms with Gasteiger partial charge in [0.2, 0.25) is 11.8 Å². The zero-order valence-corrected chi connectivity index (χ0v) is 36.5. The van der Waals surface area contributed by atoms with Crippen molar-refractivity contribution in [3.63, 3.8) is 0 Å². The molecule has 0 aliphatic carbocycles. The molecule has 0 spiro atoms. The van der Waals surface area contributed by atoms with Gasteiger partial charge in [-0.2, -0.15) is 26.3 Å². The highest BCUT2D eigenvalue weighted by Gasteiger charge is 2.35. The van der Waals surface area contributed by atoms with E-state index in [1.807, 2.05) is 13.8 Å². The number of carbonyl (C=O) groups is 2. The third kappa shape index (κ3) is 16.7. The summed E-state index contributed by atoms with van der Waals surface area (Å²) in [5.41, 5.74) is -1.49. The van der Waals surface area contributed by atoms with Crippen LogP contribution in [0.25, 0.3) is 5.57 Å². The molecule has 2 heterocycles. The maximum atomic E-state index is 13.0. The topological polar surface area (TPSA) is 125 Å². The van der Waals surface area contributed by atoms with Crippen molar-refractivity contribution < 1.29 is 69.1 Å². The zero-order chi connectivity index (χ0) is 44.9. The molecule has 4 aromatic rings. The van der Waals surface area contributed by atoms with Gasteiger partial charge < -0.3 is 33.2 Å². The molecule has 2 aromatic carbocycles. The van der Waals surface area contributed by atoms with Gasteiger partial charge in [-0.3, -0.25) is 4.79 Å². The lowest BCUT2D eigenvalue weighted by Gasteiger charge is -2.24. The van der Waals surface area contributed by atoms with Gasteiger partial charge in [0.15, 0.2) is 6.29 Å². The summed E-state index contributed by atoms with van der Waals surface area (Å²) >= 11 is 13.6. The minimum absolute atomic E-state index is 0.0173. The lowest BCUT2D eigenvalue weighted by atomic mass is 9.97. The van der Waals surface area contributed by atoms with Crippen molar-refractivity contribution in [2.45, 2.75) is 45.3 Å². The number of rotatable bonds is 12. The van der Waals surface area contributed by atoms with Gasteiger partial charge in [-0.25, -0.2) is 14.8 Å². The number of hydrogen-bond donors (Lipinski definition) is 0. The molecule has 2 aromatic heterocycles. The number of esters is 2. The fourth-order valence-corrected chi connectivity index (χ4v) is 4.94. The summed E-state index contributed by atoms with van der Waals surface area (Å²) in [6.45, 7) is 6.11. The fraction of sp³-hybridized carbons (Fsp3) is 0.333. The molecular weight excluding hydrogens is 952 g/mol. The Morgan fingerprint density at radius 3 is 1.59 bits per heavy atom. The van der Waals surface area contributed by atoms with E-state index in [0.29, 0.717) is 24.3 Å². The molecule has 0 saturated heterocycles. The van der Waals surface area contributed by atoms with E-state index in [-0.39, 0.29) is 45.1 Å². The molecule has 20 heteroatoms. The first-order valence-corrected chi connectivity index (χ1v) is 19.2. The van der Waals surface area contributed by atoms with E-state index < -0.39 is 52.8 Å². The fourth-order valence-electron chi connectivity index (χ4n) is 4.54. The van der Waals surface area contributed by atoms with Crippen LogP contribution < -0.4 is 9.47 Å². The van der Waals surface area contributed by atoms with Gasteiger partial charge in [-0.05, 0) is 28.7 Å². The molecule has 0 bridgehead atoms. The second kappa shape index (κ2) is 26.0. The standard InChI is InChI=1S/C18H17ClF3NO5.C17H13ClF3NO4.C2H5I.C2H6/c1-25-16(24)15(17(26-2)27-3)11-6-4-5-7-12(11)28-14-9-10(18(20,21)22)8-13(19)23-14;1-24-9-12(16(23)25-2)11-5-3-4-6-13(11)26-15-8-10(17(19,20)21)7-14(18)22-15;1-2-3;1-2/h4-9,15,17H,1-3H3;3-9H,1-2H3;2H2,1H3;1-2H3/b;12-9+;;. The normalized spacial score (nSPS) is 11.7. The van der Waals surface area contributed by atoms with E-state index in [1.165, 1.54) is 64.2 Å². The molecule has 11 nitrogen and oxygen atoms in total. The summed E-state index contributed by atoms with van der Waals surface area (Å²) in [7, 11) is 6.38. The Bertz CT molecular complexity index is 1970. The maximum Gasteiger partial charge on any atom is 0.416 e. The first-order chi connectivity index (χ1) is 27.9. The van der Waals surface area contributed by atoms with Gasteiger partial charge in [0.1, 0.15) is 33.3 Å². The van der Waals surface area contributed by atoms with Crippen molar-refractivity contribution in [3.05, 3.63) is 112 Å². The number of para-hydroxylation sites is 2. The molecule has 0 aliphatic heterocycles. The monoisotopic (exact) mass is 992 g/mol. The third-order valence-electron chi connectivity index (χ3n) is 6.89. The summed E-state index contributed by atoms with van der Waals surface area (Å²) in [5.74, 6) is -3.07. The molecule has 1 unspecified atom stereocenters. The zero-order valence-electron chi connectivity index (χ0n) is 32.8. The van der Waals surface area contributed by atoms with E-state index in [4.69, 9.17) is 51.6 Å². The Morgan fingerprint density at radius 1 is 0.729 bits per heavy atom. The quantitative estimate of drug-likeness (QED) is 0.0197. The van der Waals surface area contributed by atoms with E-state index in [0.717, 1.165) is 6.26 Å². The number of methoxy groups -OCH3 is 5. The van der Waals surface area contributed by atoms with Crippen molar-refractivity contribution in [3.8, 4) is 23.3 Å². The van der Waals surface area contributed by atoms with Crippen molar-refractivity contribution >= 4 is 63.3 Å². The minimum atomic E-state index is -4.63. The van der Waals surface area contributed by atoms with Crippen LogP contribution in [0.1, 0.15) is 48.9 Å². The van der Waals surface area contributed by atoms with Gasteiger partial charge >= 0.3 is 24.3 Å². The number of nitrogens with zero attached hydrogens (tertiary/aromatic N) is 2. The van der Waals surface area contributed by atoms with E-state index in [2.05, 4.69) is 44.2 Å². The van der Waals surface area contributed by atoms with Crippen LogP contribution in [0.15, 0.2) is 79.1 Å². The van der Waals surface area contributed by atoms with Gasteiger partial charge in [0, 0.05) is 37.5 Å². The number of halogens is 9. The second-order valence-electron chi connectivity index (χ2n) is 10.6. The van der Waals surface area contributed by atoms with Gasteiger partial charge in [-0.15, -0.1) is 0 Å². The lowest BCUT2D eigenvalue weighted by molar-refractivity contribution is -0.163. The molecule has 0 N–H and O–H groups in total. The number of alkyl halides is 7. The number of carbonyl (C=O) groups excluding carboxylic acids is 2. The summed E-state index contributed by atoms with van der Waals surface area (Å²) in [4.78, 5) is 31.7. The van der Waals surface area contributed by atoms with E-state index >= 15 is 0 Å². The van der Waals surface area contributed by atoms with E-state index in [1.54, 1.807) is 24.3 Å². The molecule has 1 atom stereocenters. The van der Waals surface area contributed by atoms with Crippen LogP contribution in [0.2, 0.25) is 10.3 Å². The second-order valence-corrected chi connectivity index (χ2v) is 12.9. The Morgan fingerprint density at radius 2 is 1.17 bits per heavy atom. The third-order valence-corrected chi connectivity index (χ3v) is 7.28. The first-order valence-electron chi connectivity index (χ1n) is 16.9. The SMILES string of the molecule is CC.CCI.CO/C=C(/C(=O)OC)c1ccccc1Oc1cc(C(F)(F)F)cc(Cl)n1.COC(=O)C(c1ccccc1Oc1cc(C(F)(F)F)cc(Cl)n1)C(OC)OC. The van der Waals surface area contributed by atoms with Crippen LogP contribution in [0.4, 0.5) is 26.3 Å². The highest BCUT2D eigenvalue weighted by atomic mass is 127. The Labute approximate surface area is 361 Å². The van der Waals surface area contributed by atoms with Crippen LogP contribution in [0.3, 0.4) is 0 Å². The van der Waals surface area contributed by atoms with Crippen LogP contribution in [0, 0.1) is 0 Å². The van der Waals surface area contributed by atoms with Crippen LogP contribution in [-0.2, 0) is 45.6 Å². The van der Waals surface area contributed by atoms with Crippen LogP contribution >= 0.6 is 45.8 Å². The predicted molar refractivity (Wildman–Crippen MR) is 217 cm³/mol. The largest absolute Gasteiger partial charge is 0.503 e. The summed E-state index contributed by atoms with van der Waals surface area (Å²) in [6, 6.07) is 15.2. The average molecular weight is 994 g/mol. The maximum absolute atomic E-state index is 13.0. The van der Waals surface area contributed by atoms with Gasteiger partial charge in [0.05, 0.1) is 38.7 Å². The van der Waals surface area contributed by atoms with Crippen LogP contribution in [0.5, 0.6) is 23.3 Å². The smallest absolute Gasteiger partial charge is 0.416 e. The highest BCUT2D eigenvalue weighted by molar-refractivity contribution is 14.1. The number of benzene rings is 2. The van der Waals surface area contributed by atoms with Gasteiger partial charge in [-0.1, -0.05) is 103 Å². The summed E-state index contributed by atoms with van der Waals surface area (Å²) < 4.78 is 115. The number of hydrogen-bond acceptors (Lipinski definition) is 11. The molecule has 4 rings (SSSR count). The molecular formula is C39H41Cl2F6IN2O9. The number of pyridine rings is 2. The number of ether oxygens (including phenoxy) is 7. The van der Waals surface area contributed by atoms with E-state index in [9.17, 15) is 35.9 Å².